The maximum atomic E-state index is 12.2. The number of nitrogens with one attached hydrogen (secondary N) is 1. The molecule has 2 fully saturated rings. The minimum absolute atomic E-state index is 0.0419. The number of aryl methyl sites for hydroxylation is 1. The first kappa shape index (κ1) is 15.3. The molecule has 0 aromatic carbocycles. The molecule has 1 aromatic heterocycles. The Morgan fingerprint density at radius 2 is 1.95 bits per heavy atom. The lowest BCUT2D eigenvalue weighted by molar-refractivity contribution is 0.0947. The highest BCUT2D eigenvalue weighted by Gasteiger charge is 2.41. The van der Waals surface area contributed by atoms with E-state index in [0.29, 0.717) is 22.2 Å². The van der Waals surface area contributed by atoms with Gasteiger partial charge < -0.3 is 5.32 Å². The fraction of sp³-hybridized carbons (Fsp3) is 0.643. The summed E-state index contributed by atoms with van der Waals surface area (Å²) in [6.07, 6.45) is 5.13. The molecule has 0 aliphatic heterocycles. The van der Waals surface area contributed by atoms with E-state index >= 15 is 0 Å². The number of halogens is 1. The van der Waals surface area contributed by atoms with E-state index in [2.05, 4.69) is 5.32 Å². The minimum atomic E-state index is -3.78. The molecule has 0 saturated heterocycles. The highest BCUT2D eigenvalue weighted by atomic mass is 35.7. The second-order valence-electron chi connectivity index (χ2n) is 6.02. The minimum Gasteiger partial charge on any atom is -0.351 e. The molecule has 0 bridgehead atoms. The van der Waals surface area contributed by atoms with Gasteiger partial charge in [-0.1, -0.05) is 0 Å². The average molecular weight is 348 g/mol. The van der Waals surface area contributed by atoms with Crippen molar-refractivity contribution in [1.29, 1.82) is 0 Å². The number of carbonyl (C=O) groups is 1. The van der Waals surface area contributed by atoms with Gasteiger partial charge in [0.25, 0.3) is 15.0 Å². The van der Waals surface area contributed by atoms with Crippen LogP contribution in [0.15, 0.2) is 11.0 Å². The summed E-state index contributed by atoms with van der Waals surface area (Å²) < 4.78 is 22.8. The zero-order chi connectivity index (χ0) is 15.2. The molecule has 7 heteroatoms. The lowest BCUT2D eigenvalue weighted by atomic mass is 9.98. The molecular weight excluding hydrogens is 330 g/mol. The number of hydrogen-bond donors (Lipinski definition) is 1. The number of carbonyl (C=O) groups excluding carboxylic acids is 1. The van der Waals surface area contributed by atoms with Gasteiger partial charge in [-0.3, -0.25) is 4.79 Å². The van der Waals surface area contributed by atoms with Crippen molar-refractivity contribution < 1.29 is 13.2 Å². The summed E-state index contributed by atoms with van der Waals surface area (Å²) in [5, 5.41) is 2.97. The third kappa shape index (κ3) is 3.60. The number of thiophene rings is 1. The van der Waals surface area contributed by atoms with Crippen LogP contribution in [-0.4, -0.2) is 20.9 Å². The highest BCUT2D eigenvalue weighted by molar-refractivity contribution is 8.13. The van der Waals surface area contributed by atoms with Crippen LogP contribution in [0.4, 0.5) is 0 Å². The zero-order valence-corrected chi connectivity index (χ0v) is 14.2. The smallest absolute Gasteiger partial charge is 0.262 e. The summed E-state index contributed by atoms with van der Waals surface area (Å²) in [6, 6.07) is 1.38. The Kier molecular flexibility index (Phi) is 4.05. The van der Waals surface area contributed by atoms with Gasteiger partial charge in [-0.2, -0.15) is 0 Å². The van der Waals surface area contributed by atoms with Gasteiger partial charge >= 0.3 is 0 Å². The third-order valence-corrected chi connectivity index (χ3v) is 6.94. The van der Waals surface area contributed by atoms with E-state index in [-0.39, 0.29) is 10.8 Å². The van der Waals surface area contributed by atoms with Crippen molar-refractivity contribution in [2.24, 2.45) is 17.8 Å². The second kappa shape index (κ2) is 5.56. The Morgan fingerprint density at radius 1 is 1.38 bits per heavy atom. The van der Waals surface area contributed by atoms with Crippen molar-refractivity contribution in [3.8, 4) is 0 Å². The zero-order valence-electron chi connectivity index (χ0n) is 11.8. The van der Waals surface area contributed by atoms with E-state index in [0.717, 1.165) is 11.8 Å². The van der Waals surface area contributed by atoms with E-state index in [1.807, 2.05) is 0 Å². The fourth-order valence-corrected chi connectivity index (χ4v) is 5.46. The predicted molar refractivity (Wildman–Crippen MR) is 83.4 cm³/mol. The summed E-state index contributed by atoms with van der Waals surface area (Å²) in [7, 11) is 1.57. The second-order valence-corrected chi connectivity index (χ2v) is 9.81. The van der Waals surface area contributed by atoms with Crippen LogP contribution in [0.25, 0.3) is 0 Å². The molecule has 2 saturated carbocycles. The Labute approximate surface area is 133 Å². The van der Waals surface area contributed by atoms with Gasteiger partial charge in [0.2, 0.25) is 0 Å². The molecule has 116 valence electrons. The van der Waals surface area contributed by atoms with Gasteiger partial charge in [-0.25, -0.2) is 8.42 Å². The molecule has 2 aliphatic carbocycles. The first-order chi connectivity index (χ1) is 9.86. The number of rotatable bonds is 6. The highest BCUT2D eigenvalue weighted by Crippen LogP contribution is 2.48. The van der Waals surface area contributed by atoms with Crippen LogP contribution in [0.2, 0.25) is 0 Å². The first-order valence-electron chi connectivity index (χ1n) is 7.19. The number of hydrogen-bond acceptors (Lipinski definition) is 4. The summed E-state index contributed by atoms with van der Waals surface area (Å²) in [5.74, 6) is 1.97. The van der Waals surface area contributed by atoms with Crippen LogP contribution < -0.4 is 5.32 Å². The predicted octanol–water partition coefficient (Wildman–Crippen LogP) is 3.15. The van der Waals surface area contributed by atoms with Crippen molar-refractivity contribution in [3.63, 3.8) is 0 Å². The van der Waals surface area contributed by atoms with E-state index in [4.69, 9.17) is 10.7 Å². The maximum absolute atomic E-state index is 12.2. The summed E-state index contributed by atoms with van der Waals surface area (Å²) in [4.78, 5) is 13.2. The fourth-order valence-electron chi connectivity index (χ4n) is 2.88. The van der Waals surface area contributed by atoms with Gasteiger partial charge in [0.1, 0.15) is 0 Å². The molecule has 1 aromatic rings. The van der Waals surface area contributed by atoms with Crippen molar-refractivity contribution in [1.82, 2.24) is 5.32 Å². The molecule has 21 heavy (non-hydrogen) atoms. The lowest BCUT2D eigenvalue weighted by Crippen LogP contribution is -2.30. The monoisotopic (exact) mass is 347 g/mol. The molecule has 2 aliphatic rings. The Bertz CT molecular complexity index is 648. The molecule has 0 unspecified atom stereocenters. The van der Waals surface area contributed by atoms with Crippen molar-refractivity contribution >= 4 is 37.0 Å². The molecule has 0 radical (unpaired) electrons. The molecule has 0 spiro atoms. The van der Waals surface area contributed by atoms with Crippen LogP contribution in [0.1, 0.15) is 40.2 Å². The molecule has 4 nitrogen and oxygen atoms in total. The van der Waals surface area contributed by atoms with E-state index < -0.39 is 9.05 Å². The van der Waals surface area contributed by atoms with Crippen LogP contribution in [0.5, 0.6) is 0 Å². The van der Waals surface area contributed by atoms with Gasteiger partial charge in [-0.05, 0) is 56.4 Å². The molecular formula is C14H18ClNO3S2. The summed E-state index contributed by atoms with van der Waals surface area (Å²) in [6.45, 7) is 2.36. The molecule has 1 amide bonds. The lowest BCUT2D eigenvalue weighted by Gasteiger charge is -2.15. The molecule has 0 atom stereocenters. The van der Waals surface area contributed by atoms with Crippen molar-refractivity contribution in [2.75, 3.05) is 6.54 Å². The van der Waals surface area contributed by atoms with Crippen LogP contribution in [0, 0.1) is 24.7 Å². The molecule has 1 heterocycles. The largest absolute Gasteiger partial charge is 0.351 e. The van der Waals surface area contributed by atoms with Gasteiger partial charge in [0.15, 0.2) is 0 Å². The third-order valence-electron chi connectivity index (χ3n) is 4.31. The van der Waals surface area contributed by atoms with Crippen LogP contribution in [-0.2, 0) is 9.05 Å². The van der Waals surface area contributed by atoms with Crippen molar-refractivity contribution in [3.05, 3.63) is 15.8 Å². The van der Waals surface area contributed by atoms with Gasteiger partial charge in [0.05, 0.1) is 9.77 Å². The standard InChI is InChI=1S/C14H18ClNO3S2/c1-8-13(21(15,18)19)6-12(20-8)14(17)16-7-11(9-2-3-9)10-4-5-10/h6,9-11H,2-5,7H2,1H3,(H,16,17). The molecule has 1 N–H and O–H groups in total. The average Bonchev–Trinajstić information content (AvgIpc) is 3.28. The summed E-state index contributed by atoms with van der Waals surface area (Å²) >= 11 is 1.17. The topological polar surface area (TPSA) is 63.2 Å². The normalized spacial score (nSPS) is 19.0. The van der Waals surface area contributed by atoms with Gasteiger partial charge in [0, 0.05) is 22.1 Å². The van der Waals surface area contributed by atoms with E-state index in [9.17, 15) is 13.2 Å². The quantitative estimate of drug-likeness (QED) is 0.804. The Balaban J connectivity index is 1.65. The Hall–Kier alpha value is -0.590. The SMILES string of the molecule is Cc1sc(C(=O)NCC(C2CC2)C2CC2)cc1S(=O)(=O)Cl. The van der Waals surface area contributed by atoms with E-state index in [1.54, 1.807) is 6.92 Å². The van der Waals surface area contributed by atoms with Gasteiger partial charge in [-0.15, -0.1) is 11.3 Å². The van der Waals surface area contributed by atoms with E-state index in [1.165, 1.54) is 43.1 Å². The summed E-state index contributed by atoms with van der Waals surface area (Å²) in [5.41, 5.74) is 0. The van der Waals surface area contributed by atoms with Crippen LogP contribution in [0.3, 0.4) is 0 Å². The number of amides is 1. The molecule has 3 rings (SSSR count). The Morgan fingerprint density at radius 3 is 2.38 bits per heavy atom. The maximum Gasteiger partial charge on any atom is 0.262 e. The van der Waals surface area contributed by atoms with Crippen LogP contribution >= 0.6 is 22.0 Å². The van der Waals surface area contributed by atoms with Crippen molar-refractivity contribution in [2.45, 2.75) is 37.5 Å². The first-order valence-corrected chi connectivity index (χ1v) is 10.3.